The Balaban J connectivity index is 2.17. The van der Waals surface area contributed by atoms with Crippen molar-refractivity contribution in [1.29, 1.82) is 0 Å². The molecule has 112 valence electrons. The molecule has 0 spiro atoms. The van der Waals surface area contributed by atoms with Crippen LogP contribution in [0.25, 0.3) is 0 Å². The zero-order chi connectivity index (χ0) is 14.6. The van der Waals surface area contributed by atoms with Gasteiger partial charge in [0.25, 0.3) is 0 Å². The molecule has 0 aliphatic carbocycles. The van der Waals surface area contributed by atoms with Crippen LogP contribution in [0.3, 0.4) is 0 Å². The van der Waals surface area contributed by atoms with Gasteiger partial charge < -0.3 is 5.32 Å². The molecule has 1 N–H and O–H groups in total. The zero-order valence-corrected chi connectivity index (χ0v) is 11.8. The van der Waals surface area contributed by atoms with Gasteiger partial charge in [0.05, 0.1) is 0 Å². The van der Waals surface area contributed by atoms with Gasteiger partial charge in [-0.3, -0.25) is 4.90 Å². The highest BCUT2D eigenvalue weighted by Gasteiger charge is 2.31. The molecule has 0 bridgehead atoms. The van der Waals surface area contributed by atoms with Crippen molar-refractivity contribution >= 4 is 11.6 Å². The van der Waals surface area contributed by atoms with Gasteiger partial charge in [0.2, 0.25) is 0 Å². The third-order valence-electron chi connectivity index (χ3n) is 3.56. The number of halogens is 4. The van der Waals surface area contributed by atoms with E-state index in [2.05, 4.69) is 10.2 Å². The van der Waals surface area contributed by atoms with E-state index in [4.69, 9.17) is 11.6 Å². The van der Waals surface area contributed by atoms with Crippen LogP contribution in [0.4, 0.5) is 13.2 Å². The summed E-state index contributed by atoms with van der Waals surface area (Å²) < 4.78 is 37.6. The molecule has 1 aliphatic rings. The van der Waals surface area contributed by atoms with Crippen molar-refractivity contribution in [2.75, 3.05) is 26.2 Å². The van der Waals surface area contributed by atoms with E-state index >= 15 is 0 Å². The average molecular weight is 307 g/mol. The predicted octanol–water partition coefficient (Wildman–Crippen LogP) is 3.63. The van der Waals surface area contributed by atoms with Gasteiger partial charge in [-0.2, -0.15) is 13.2 Å². The standard InChI is InChI=1S/C14H18ClF3N2/c15-12-4-2-1-3-11(12)13(5-6-14(16,17)18)20-9-7-19-8-10-20/h1-4,13,19H,5-10H2/t13-/m0/s1. The number of hydrogen-bond donors (Lipinski definition) is 1. The zero-order valence-electron chi connectivity index (χ0n) is 11.1. The summed E-state index contributed by atoms with van der Waals surface area (Å²) in [7, 11) is 0. The molecule has 0 aromatic heterocycles. The molecular formula is C14H18ClF3N2. The van der Waals surface area contributed by atoms with Crippen molar-refractivity contribution in [3.8, 4) is 0 Å². The Kier molecular flexibility index (Phi) is 5.29. The van der Waals surface area contributed by atoms with E-state index in [1.54, 1.807) is 12.1 Å². The number of alkyl halides is 3. The summed E-state index contributed by atoms with van der Waals surface area (Å²) in [5.74, 6) is 0. The Morgan fingerprint density at radius 3 is 2.45 bits per heavy atom. The molecular weight excluding hydrogens is 289 g/mol. The monoisotopic (exact) mass is 306 g/mol. The average Bonchev–Trinajstić information content (AvgIpc) is 2.41. The molecule has 1 aliphatic heterocycles. The topological polar surface area (TPSA) is 15.3 Å². The molecule has 0 amide bonds. The molecule has 2 rings (SSSR count). The molecule has 1 heterocycles. The summed E-state index contributed by atoms with van der Waals surface area (Å²) in [4.78, 5) is 2.09. The van der Waals surface area contributed by atoms with E-state index in [0.717, 1.165) is 31.7 Å². The fourth-order valence-electron chi connectivity index (χ4n) is 2.57. The SMILES string of the molecule is FC(F)(F)CC[C@@H](c1ccccc1Cl)N1CCNCC1. The van der Waals surface area contributed by atoms with Gasteiger partial charge in [-0.15, -0.1) is 0 Å². The first kappa shape index (κ1) is 15.6. The summed E-state index contributed by atoms with van der Waals surface area (Å²) in [6.07, 6.45) is -4.87. The highest BCUT2D eigenvalue weighted by atomic mass is 35.5. The Hall–Kier alpha value is -0.780. The number of nitrogens with one attached hydrogen (secondary N) is 1. The van der Waals surface area contributed by atoms with E-state index < -0.39 is 12.6 Å². The lowest BCUT2D eigenvalue weighted by molar-refractivity contribution is -0.138. The molecule has 6 heteroatoms. The maximum absolute atomic E-state index is 12.5. The fourth-order valence-corrected chi connectivity index (χ4v) is 2.84. The van der Waals surface area contributed by atoms with Crippen LogP contribution in [0.1, 0.15) is 24.4 Å². The first-order valence-corrected chi connectivity index (χ1v) is 7.11. The maximum Gasteiger partial charge on any atom is 0.389 e. The van der Waals surface area contributed by atoms with Gasteiger partial charge >= 0.3 is 6.18 Å². The Morgan fingerprint density at radius 2 is 1.85 bits per heavy atom. The van der Waals surface area contributed by atoms with Crippen molar-refractivity contribution in [3.63, 3.8) is 0 Å². The highest BCUT2D eigenvalue weighted by molar-refractivity contribution is 6.31. The third-order valence-corrected chi connectivity index (χ3v) is 3.90. The van der Waals surface area contributed by atoms with Crippen molar-refractivity contribution in [3.05, 3.63) is 34.9 Å². The van der Waals surface area contributed by atoms with E-state index in [0.29, 0.717) is 5.02 Å². The van der Waals surface area contributed by atoms with Crippen LogP contribution in [0.2, 0.25) is 5.02 Å². The van der Waals surface area contributed by atoms with Gasteiger partial charge in [0.15, 0.2) is 0 Å². The second-order valence-corrected chi connectivity index (χ2v) is 5.38. The molecule has 1 aromatic rings. The third kappa shape index (κ3) is 4.36. The van der Waals surface area contributed by atoms with Crippen molar-refractivity contribution in [2.24, 2.45) is 0 Å². The van der Waals surface area contributed by atoms with Gasteiger partial charge in [0.1, 0.15) is 0 Å². The molecule has 1 saturated heterocycles. The van der Waals surface area contributed by atoms with Crippen LogP contribution in [0.5, 0.6) is 0 Å². The number of rotatable bonds is 4. The largest absolute Gasteiger partial charge is 0.389 e. The van der Waals surface area contributed by atoms with Crippen molar-refractivity contribution in [1.82, 2.24) is 10.2 Å². The second kappa shape index (κ2) is 6.78. The first-order valence-electron chi connectivity index (χ1n) is 6.73. The van der Waals surface area contributed by atoms with Crippen LogP contribution in [-0.2, 0) is 0 Å². The van der Waals surface area contributed by atoms with Gasteiger partial charge in [-0.05, 0) is 18.1 Å². The van der Waals surface area contributed by atoms with Crippen LogP contribution in [0, 0.1) is 0 Å². The summed E-state index contributed by atoms with van der Waals surface area (Å²) in [6.45, 7) is 3.08. The minimum atomic E-state index is -4.13. The quantitative estimate of drug-likeness (QED) is 0.914. The van der Waals surface area contributed by atoms with Gasteiger partial charge in [-0.25, -0.2) is 0 Å². The Labute approximate surface area is 121 Å². The first-order chi connectivity index (χ1) is 9.47. The number of hydrogen-bond acceptors (Lipinski definition) is 2. The number of piperazine rings is 1. The molecule has 1 fully saturated rings. The lowest BCUT2D eigenvalue weighted by atomic mass is 9.99. The molecule has 1 aromatic carbocycles. The summed E-state index contributed by atoms with van der Waals surface area (Å²) in [5, 5.41) is 3.75. The fraction of sp³-hybridized carbons (Fsp3) is 0.571. The normalized spacial score (nSPS) is 19.0. The molecule has 20 heavy (non-hydrogen) atoms. The van der Waals surface area contributed by atoms with E-state index in [1.165, 1.54) is 0 Å². The van der Waals surface area contributed by atoms with E-state index in [1.807, 2.05) is 12.1 Å². The maximum atomic E-state index is 12.5. The van der Waals surface area contributed by atoms with Crippen molar-refractivity contribution in [2.45, 2.75) is 25.1 Å². The minimum absolute atomic E-state index is 0.0488. The summed E-state index contributed by atoms with van der Waals surface area (Å²) >= 11 is 6.16. The van der Waals surface area contributed by atoms with Gasteiger partial charge in [0, 0.05) is 43.7 Å². The number of nitrogens with zero attached hydrogens (tertiary/aromatic N) is 1. The molecule has 1 atom stereocenters. The van der Waals surface area contributed by atoms with Crippen molar-refractivity contribution < 1.29 is 13.2 Å². The van der Waals surface area contributed by atoms with E-state index in [9.17, 15) is 13.2 Å². The molecule has 0 radical (unpaired) electrons. The minimum Gasteiger partial charge on any atom is -0.314 e. The Bertz CT molecular complexity index is 431. The lowest BCUT2D eigenvalue weighted by Gasteiger charge is -2.35. The number of benzene rings is 1. The van der Waals surface area contributed by atoms with E-state index in [-0.39, 0.29) is 12.5 Å². The van der Waals surface area contributed by atoms with Crippen LogP contribution in [-0.4, -0.2) is 37.3 Å². The van der Waals surface area contributed by atoms with Crippen LogP contribution < -0.4 is 5.32 Å². The molecule has 0 saturated carbocycles. The Morgan fingerprint density at radius 1 is 1.20 bits per heavy atom. The van der Waals surface area contributed by atoms with Crippen LogP contribution in [0.15, 0.2) is 24.3 Å². The predicted molar refractivity (Wildman–Crippen MR) is 73.9 cm³/mol. The van der Waals surface area contributed by atoms with Gasteiger partial charge in [-0.1, -0.05) is 29.8 Å². The smallest absolute Gasteiger partial charge is 0.314 e. The van der Waals surface area contributed by atoms with Crippen LogP contribution >= 0.6 is 11.6 Å². The lowest BCUT2D eigenvalue weighted by Crippen LogP contribution is -2.45. The summed E-state index contributed by atoms with van der Waals surface area (Å²) in [5.41, 5.74) is 0.792. The second-order valence-electron chi connectivity index (χ2n) is 4.98. The molecule has 2 nitrogen and oxygen atoms in total. The molecule has 0 unspecified atom stereocenters. The highest BCUT2D eigenvalue weighted by Crippen LogP contribution is 2.34. The summed E-state index contributed by atoms with van der Waals surface area (Å²) in [6, 6.07) is 6.91.